The van der Waals surface area contributed by atoms with Crippen molar-refractivity contribution >= 4 is 28.4 Å². The van der Waals surface area contributed by atoms with Crippen molar-refractivity contribution < 1.29 is 19.1 Å². The third kappa shape index (κ3) is 3.77. The number of hydrogen-bond donors (Lipinski definition) is 3. The van der Waals surface area contributed by atoms with Crippen LogP contribution in [0.3, 0.4) is 0 Å². The molecule has 0 bridgehead atoms. The molecule has 0 aliphatic heterocycles. The molecule has 1 heterocycles. The molecule has 3 aromatic rings. The number of anilines is 1. The standard InChI is InChI=1S/C19H19N3O4/c1-25-16-6-3-13(10-17(16)26-2)19(24)21-11-18(23)22-14-4-5-15-12(9-14)7-8-20-15/h3-10,20H,11H2,1-2H3,(H,21,24)(H,22,23). The fraction of sp³-hybridized carbons (Fsp3) is 0.158. The van der Waals surface area contributed by atoms with Crippen molar-refractivity contribution in [2.45, 2.75) is 0 Å². The second-order valence-corrected chi connectivity index (χ2v) is 5.58. The van der Waals surface area contributed by atoms with Crippen molar-refractivity contribution in [2.24, 2.45) is 0 Å². The van der Waals surface area contributed by atoms with Crippen molar-refractivity contribution in [3.05, 3.63) is 54.2 Å². The summed E-state index contributed by atoms with van der Waals surface area (Å²) in [5.74, 6) is 0.294. The summed E-state index contributed by atoms with van der Waals surface area (Å²) in [6.07, 6.45) is 1.83. The predicted octanol–water partition coefficient (Wildman–Crippen LogP) is 2.55. The minimum atomic E-state index is -0.373. The molecule has 7 nitrogen and oxygen atoms in total. The largest absolute Gasteiger partial charge is 0.493 e. The van der Waals surface area contributed by atoms with E-state index in [2.05, 4.69) is 15.6 Å². The molecule has 3 N–H and O–H groups in total. The first-order chi connectivity index (χ1) is 12.6. The molecule has 0 spiro atoms. The highest BCUT2D eigenvalue weighted by Gasteiger charge is 2.12. The lowest BCUT2D eigenvalue weighted by Gasteiger charge is -2.10. The maximum atomic E-state index is 12.2. The second-order valence-electron chi connectivity index (χ2n) is 5.58. The summed E-state index contributed by atoms with van der Waals surface area (Å²) in [6, 6.07) is 12.3. The first-order valence-electron chi connectivity index (χ1n) is 7.98. The average Bonchev–Trinajstić information content (AvgIpc) is 3.13. The van der Waals surface area contributed by atoms with Crippen LogP contribution >= 0.6 is 0 Å². The maximum Gasteiger partial charge on any atom is 0.251 e. The van der Waals surface area contributed by atoms with Crippen LogP contribution in [0, 0.1) is 0 Å². The van der Waals surface area contributed by atoms with E-state index in [0.29, 0.717) is 22.7 Å². The summed E-state index contributed by atoms with van der Waals surface area (Å²) >= 11 is 0. The van der Waals surface area contributed by atoms with E-state index in [1.807, 2.05) is 24.4 Å². The Morgan fingerprint density at radius 3 is 2.58 bits per heavy atom. The number of carbonyl (C=O) groups excluding carboxylic acids is 2. The quantitative estimate of drug-likeness (QED) is 0.635. The van der Waals surface area contributed by atoms with Gasteiger partial charge in [-0.1, -0.05) is 0 Å². The van der Waals surface area contributed by atoms with Gasteiger partial charge >= 0.3 is 0 Å². The minimum absolute atomic E-state index is 0.141. The van der Waals surface area contributed by atoms with E-state index >= 15 is 0 Å². The molecule has 26 heavy (non-hydrogen) atoms. The predicted molar refractivity (Wildman–Crippen MR) is 98.8 cm³/mol. The molecule has 0 atom stereocenters. The van der Waals surface area contributed by atoms with Gasteiger partial charge in [-0.25, -0.2) is 0 Å². The Bertz CT molecular complexity index is 949. The molecule has 0 saturated heterocycles. The minimum Gasteiger partial charge on any atom is -0.493 e. The summed E-state index contributed by atoms with van der Waals surface area (Å²) in [6.45, 7) is -0.141. The van der Waals surface area contributed by atoms with Crippen LogP contribution in [0.25, 0.3) is 10.9 Å². The van der Waals surface area contributed by atoms with Gasteiger partial charge in [-0.2, -0.15) is 0 Å². The van der Waals surface area contributed by atoms with E-state index in [1.165, 1.54) is 14.2 Å². The summed E-state index contributed by atoms with van der Waals surface area (Å²) in [7, 11) is 3.01. The third-order valence-corrected chi connectivity index (χ3v) is 3.89. The van der Waals surface area contributed by atoms with Crippen LogP contribution in [-0.2, 0) is 4.79 Å². The molecule has 7 heteroatoms. The topological polar surface area (TPSA) is 92.5 Å². The van der Waals surface area contributed by atoms with Gasteiger partial charge in [0.15, 0.2) is 11.5 Å². The van der Waals surface area contributed by atoms with Gasteiger partial charge in [-0.15, -0.1) is 0 Å². The molecular formula is C19H19N3O4. The number of aromatic amines is 1. The van der Waals surface area contributed by atoms with E-state index in [0.717, 1.165) is 10.9 Å². The van der Waals surface area contributed by atoms with Gasteiger partial charge < -0.3 is 25.1 Å². The Morgan fingerprint density at radius 2 is 1.81 bits per heavy atom. The molecule has 2 aromatic carbocycles. The number of benzene rings is 2. The van der Waals surface area contributed by atoms with E-state index in [-0.39, 0.29) is 18.4 Å². The summed E-state index contributed by atoms with van der Waals surface area (Å²) in [5.41, 5.74) is 2.04. The van der Waals surface area contributed by atoms with Crippen LogP contribution in [0.4, 0.5) is 5.69 Å². The molecule has 0 fully saturated rings. The smallest absolute Gasteiger partial charge is 0.251 e. The van der Waals surface area contributed by atoms with Gasteiger partial charge in [0, 0.05) is 28.4 Å². The molecule has 0 saturated carbocycles. The van der Waals surface area contributed by atoms with Gasteiger partial charge in [-0.3, -0.25) is 9.59 Å². The Hall–Kier alpha value is -3.48. The van der Waals surface area contributed by atoms with Crippen molar-refractivity contribution in [1.29, 1.82) is 0 Å². The summed E-state index contributed by atoms with van der Waals surface area (Å²) < 4.78 is 10.3. The third-order valence-electron chi connectivity index (χ3n) is 3.89. The zero-order valence-electron chi connectivity index (χ0n) is 14.5. The lowest BCUT2D eigenvalue weighted by atomic mass is 10.2. The number of aromatic nitrogens is 1. The molecule has 0 unspecified atom stereocenters. The number of carbonyl (C=O) groups is 2. The molecule has 2 amide bonds. The molecule has 3 rings (SSSR count). The van der Waals surface area contributed by atoms with E-state index in [4.69, 9.17) is 9.47 Å². The van der Waals surface area contributed by atoms with Gasteiger partial charge in [0.05, 0.1) is 20.8 Å². The molecule has 0 aliphatic carbocycles. The highest BCUT2D eigenvalue weighted by atomic mass is 16.5. The van der Waals surface area contributed by atoms with E-state index < -0.39 is 0 Å². The number of rotatable bonds is 6. The highest BCUT2D eigenvalue weighted by molar-refractivity contribution is 6.00. The van der Waals surface area contributed by atoms with Crippen molar-refractivity contribution in [1.82, 2.24) is 10.3 Å². The van der Waals surface area contributed by atoms with Gasteiger partial charge in [-0.05, 0) is 42.5 Å². The number of nitrogens with one attached hydrogen (secondary N) is 3. The normalized spacial score (nSPS) is 10.4. The van der Waals surface area contributed by atoms with Gasteiger partial charge in [0.2, 0.25) is 5.91 Å². The summed E-state index contributed by atoms with van der Waals surface area (Å²) in [4.78, 5) is 27.4. The number of amides is 2. The zero-order valence-corrected chi connectivity index (χ0v) is 14.5. The molecular weight excluding hydrogens is 334 g/mol. The first kappa shape index (κ1) is 17.3. The number of H-pyrrole nitrogens is 1. The van der Waals surface area contributed by atoms with Crippen LogP contribution in [0.1, 0.15) is 10.4 Å². The fourth-order valence-electron chi connectivity index (χ4n) is 2.58. The van der Waals surface area contributed by atoms with Crippen molar-refractivity contribution in [2.75, 3.05) is 26.1 Å². The fourth-order valence-corrected chi connectivity index (χ4v) is 2.58. The van der Waals surface area contributed by atoms with E-state index in [1.54, 1.807) is 24.3 Å². The van der Waals surface area contributed by atoms with Gasteiger partial charge in [0.25, 0.3) is 5.91 Å². The highest BCUT2D eigenvalue weighted by Crippen LogP contribution is 2.27. The Morgan fingerprint density at radius 1 is 1.00 bits per heavy atom. The molecule has 0 radical (unpaired) electrons. The van der Waals surface area contributed by atoms with Gasteiger partial charge in [0.1, 0.15) is 0 Å². The van der Waals surface area contributed by atoms with Crippen molar-refractivity contribution in [3.8, 4) is 11.5 Å². The number of hydrogen-bond acceptors (Lipinski definition) is 4. The van der Waals surface area contributed by atoms with Crippen LogP contribution in [0.5, 0.6) is 11.5 Å². The molecule has 1 aromatic heterocycles. The van der Waals surface area contributed by atoms with Crippen LogP contribution in [-0.4, -0.2) is 37.6 Å². The number of methoxy groups -OCH3 is 2. The number of ether oxygens (including phenoxy) is 2. The Labute approximate surface area is 150 Å². The monoisotopic (exact) mass is 353 g/mol. The molecule has 134 valence electrons. The first-order valence-corrected chi connectivity index (χ1v) is 7.98. The van der Waals surface area contributed by atoms with Crippen molar-refractivity contribution in [3.63, 3.8) is 0 Å². The Balaban J connectivity index is 1.59. The second kappa shape index (κ2) is 7.60. The van der Waals surface area contributed by atoms with Crippen LogP contribution in [0.2, 0.25) is 0 Å². The van der Waals surface area contributed by atoms with Crippen LogP contribution in [0.15, 0.2) is 48.7 Å². The number of fused-ring (bicyclic) bond motifs is 1. The Kier molecular flexibility index (Phi) is 5.07. The lowest BCUT2D eigenvalue weighted by Crippen LogP contribution is -2.32. The average molecular weight is 353 g/mol. The maximum absolute atomic E-state index is 12.2. The molecule has 0 aliphatic rings. The zero-order chi connectivity index (χ0) is 18.5. The lowest BCUT2D eigenvalue weighted by molar-refractivity contribution is -0.115. The van der Waals surface area contributed by atoms with E-state index in [9.17, 15) is 9.59 Å². The van der Waals surface area contributed by atoms with Crippen LogP contribution < -0.4 is 20.1 Å². The summed E-state index contributed by atoms with van der Waals surface area (Å²) in [5, 5.41) is 6.34. The SMILES string of the molecule is COc1ccc(C(=O)NCC(=O)Nc2ccc3[nH]ccc3c2)cc1OC.